The molecule has 0 fully saturated rings. The average Bonchev–Trinajstić information content (AvgIpc) is 2.94. The highest BCUT2D eigenvalue weighted by molar-refractivity contribution is 7.17. The highest BCUT2D eigenvalue weighted by Crippen LogP contribution is 2.22. The summed E-state index contributed by atoms with van der Waals surface area (Å²) >= 11 is 1.41. The maximum Gasteiger partial charge on any atom is 0.263 e. The van der Waals surface area contributed by atoms with Crippen LogP contribution in [0.3, 0.4) is 0 Å². The van der Waals surface area contributed by atoms with Crippen LogP contribution in [-0.2, 0) is 6.42 Å². The number of hydrogen-bond acceptors (Lipinski definition) is 5. The van der Waals surface area contributed by atoms with E-state index in [1.807, 2.05) is 31.2 Å². The number of aryl methyl sites for hydroxylation is 1. The quantitative estimate of drug-likeness (QED) is 0.767. The van der Waals surface area contributed by atoms with E-state index in [2.05, 4.69) is 29.5 Å². The van der Waals surface area contributed by atoms with Gasteiger partial charge < -0.3 is 15.4 Å². The standard InChI is InChI=1S/C18H25N3O2S/c1-12(2)11-20-18-21-13(3)16(24-18)17(22)19-10-9-14-5-7-15(23-4)8-6-14/h5-8,12H,9-11H2,1-4H3,(H,19,22)(H,20,21). The Hall–Kier alpha value is -2.08. The van der Waals surface area contributed by atoms with Crippen LogP contribution >= 0.6 is 11.3 Å². The molecule has 0 saturated carbocycles. The van der Waals surface area contributed by atoms with E-state index in [1.165, 1.54) is 11.3 Å². The van der Waals surface area contributed by atoms with Gasteiger partial charge in [-0.3, -0.25) is 4.79 Å². The summed E-state index contributed by atoms with van der Waals surface area (Å²) in [6.45, 7) is 7.60. The molecule has 1 aromatic carbocycles. The molecule has 0 radical (unpaired) electrons. The van der Waals surface area contributed by atoms with Gasteiger partial charge in [0.2, 0.25) is 0 Å². The number of anilines is 1. The van der Waals surface area contributed by atoms with Crippen LogP contribution in [0.2, 0.25) is 0 Å². The molecule has 6 heteroatoms. The molecule has 0 aliphatic carbocycles. The Labute approximate surface area is 147 Å². The fourth-order valence-corrected chi connectivity index (χ4v) is 3.06. The van der Waals surface area contributed by atoms with Crippen molar-refractivity contribution in [2.24, 2.45) is 5.92 Å². The van der Waals surface area contributed by atoms with Gasteiger partial charge >= 0.3 is 0 Å². The minimum absolute atomic E-state index is 0.0592. The molecular weight excluding hydrogens is 322 g/mol. The van der Waals surface area contributed by atoms with Crippen LogP contribution in [0.25, 0.3) is 0 Å². The van der Waals surface area contributed by atoms with E-state index in [0.29, 0.717) is 17.3 Å². The Kier molecular flexibility index (Phi) is 6.61. The zero-order valence-corrected chi connectivity index (χ0v) is 15.5. The number of amides is 1. The van der Waals surface area contributed by atoms with E-state index in [9.17, 15) is 4.79 Å². The fourth-order valence-electron chi connectivity index (χ4n) is 2.17. The molecule has 0 bridgehead atoms. The van der Waals surface area contributed by atoms with Gasteiger partial charge in [0.25, 0.3) is 5.91 Å². The lowest BCUT2D eigenvalue weighted by Gasteiger charge is -2.05. The number of thiazole rings is 1. The summed E-state index contributed by atoms with van der Waals surface area (Å²) in [6, 6.07) is 7.88. The average molecular weight is 347 g/mol. The number of carbonyl (C=O) groups excluding carboxylic acids is 1. The van der Waals surface area contributed by atoms with E-state index >= 15 is 0 Å². The van der Waals surface area contributed by atoms with Crippen LogP contribution in [0.5, 0.6) is 5.75 Å². The smallest absolute Gasteiger partial charge is 0.263 e. The van der Waals surface area contributed by atoms with Crippen LogP contribution in [0, 0.1) is 12.8 Å². The van der Waals surface area contributed by atoms with E-state index < -0.39 is 0 Å². The topological polar surface area (TPSA) is 63.2 Å². The van der Waals surface area contributed by atoms with Gasteiger partial charge in [-0.05, 0) is 37.0 Å². The molecule has 130 valence electrons. The number of carbonyl (C=O) groups is 1. The van der Waals surface area contributed by atoms with Crippen molar-refractivity contribution >= 4 is 22.4 Å². The Bertz CT molecular complexity index is 665. The summed E-state index contributed by atoms with van der Waals surface area (Å²) in [5.41, 5.74) is 1.93. The number of methoxy groups -OCH3 is 1. The summed E-state index contributed by atoms with van der Waals surface area (Å²) in [5, 5.41) is 7.04. The number of ether oxygens (including phenoxy) is 1. The second-order valence-electron chi connectivity index (χ2n) is 6.06. The number of nitrogens with one attached hydrogen (secondary N) is 2. The molecule has 0 unspecified atom stereocenters. The predicted octanol–water partition coefficient (Wildman–Crippen LogP) is 3.50. The van der Waals surface area contributed by atoms with Crippen LogP contribution in [0.4, 0.5) is 5.13 Å². The summed E-state index contributed by atoms with van der Waals surface area (Å²) in [5.74, 6) is 1.32. The summed E-state index contributed by atoms with van der Waals surface area (Å²) in [6.07, 6.45) is 0.784. The van der Waals surface area contributed by atoms with Crippen LogP contribution in [-0.4, -0.2) is 31.1 Å². The summed E-state index contributed by atoms with van der Waals surface area (Å²) in [4.78, 5) is 17.4. The van der Waals surface area contributed by atoms with Gasteiger partial charge in [-0.15, -0.1) is 0 Å². The largest absolute Gasteiger partial charge is 0.497 e. The van der Waals surface area contributed by atoms with Crippen LogP contribution in [0.15, 0.2) is 24.3 Å². The second kappa shape index (κ2) is 8.68. The Morgan fingerprint density at radius 3 is 2.62 bits per heavy atom. The Morgan fingerprint density at radius 1 is 1.29 bits per heavy atom. The van der Waals surface area contributed by atoms with Gasteiger partial charge in [0, 0.05) is 13.1 Å². The number of rotatable bonds is 8. The lowest BCUT2D eigenvalue weighted by molar-refractivity contribution is 0.0957. The van der Waals surface area contributed by atoms with Crippen molar-refractivity contribution < 1.29 is 9.53 Å². The number of nitrogens with zero attached hydrogens (tertiary/aromatic N) is 1. The van der Waals surface area contributed by atoms with Gasteiger partial charge in [0.15, 0.2) is 5.13 Å². The van der Waals surface area contributed by atoms with Crippen LogP contribution < -0.4 is 15.4 Å². The third-order valence-corrected chi connectivity index (χ3v) is 4.64. The van der Waals surface area contributed by atoms with Gasteiger partial charge in [-0.2, -0.15) is 0 Å². The van der Waals surface area contributed by atoms with Gasteiger partial charge in [0.1, 0.15) is 10.6 Å². The van der Waals surface area contributed by atoms with Gasteiger partial charge in [-0.25, -0.2) is 4.98 Å². The molecule has 1 amide bonds. The van der Waals surface area contributed by atoms with E-state index in [4.69, 9.17) is 4.74 Å². The third kappa shape index (κ3) is 5.23. The van der Waals surface area contributed by atoms with Gasteiger partial charge in [-0.1, -0.05) is 37.3 Å². The molecule has 0 spiro atoms. The zero-order chi connectivity index (χ0) is 17.5. The predicted molar refractivity (Wildman–Crippen MR) is 99.2 cm³/mol. The number of aromatic nitrogens is 1. The van der Waals surface area contributed by atoms with Crippen molar-refractivity contribution in [1.29, 1.82) is 0 Å². The minimum atomic E-state index is -0.0592. The molecule has 0 saturated heterocycles. The first kappa shape index (κ1) is 18.3. The zero-order valence-electron chi connectivity index (χ0n) is 14.7. The van der Waals surface area contributed by atoms with E-state index in [-0.39, 0.29) is 5.91 Å². The third-order valence-electron chi connectivity index (χ3n) is 3.52. The molecule has 0 aliphatic heterocycles. The lowest BCUT2D eigenvalue weighted by atomic mass is 10.1. The highest BCUT2D eigenvalue weighted by atomic mass is 32.1. The Morgan fingerprint density at radius 2 is 2.00 bits per heavy atom. The van der Waals surface area contributed by atoms with Crippen molar-refractivity contribution in [3.05, 3.63) is 40.4 Å². The molecule has 1 aromatic heterocycles. The normalized spacial score (nSPS) is 10.7. The number of hydrogen-bond donors (Lipinski definition) is 2. The van der Waals surface area contributed by atoms with Crippen molar-refractivity contribution in [2.45, 2.75) is 27.2 Å². The first-order valence-electron chi connectivity index (χ1n) is 8.12. The molecule has 2 N–H and O–H groups in total. The summed E-state index contributed by atoms with van der Waals surface area (Å²) < 4.78 is 5.14. The van der Waals surface area contributed by atoms with Crippen molar-refractivity contribution in [3.8, 4) is 5.75 Å². The Balaban J connectivity index is 1.85. The first-order chi connectivity index (χ1) is 11.5. The molecule has 2 aromatic rings. The highest BCUT2D eigenvalue weighted by Gasteiger charge is 2.15. The van der Waals surface area contributed by atoms with Crippen molar-refractivity contribution in [2.75, 3.05) is 25.5 Å². The number of benzene rings is 1. The van der Waals surface area contributed by atoms with Crippen molar-refractivity contribution in [3.63, 3.8) is 0 Å². The van der Waals surface area contributed by atoms with Crippen LogP contribution in [0.1, 0.15) is 34.8 Å². The molecule has 5 nitrogen and oxygen atoms in total. The second-order valence-corrected chi connectivity index (χ2v) is 7.06. The van der Waals surface area contributed by atoms with Gasteiger partial charge in [0.05, 0.1) is 12.8 Å². The molecule has 0 aliphatic rings. The molecule has 2 rings (SSSR count). The lowest BCUT2D eigenvalue weighted by Crippen LogP contribution is -2.25. The first-order valence-corrected chi connectivity index (χ1v) is 8.93. The molecule has 1 heterocycles. The maximum atomic E-state index is 12.3. The van der Waals surface area contributed by atoms with E-state index in [0.717, 1.165) is 35.1 Å². The SMILES string of the molecule is COc1ccc(CCNC(=O)c2sc(NCC(C)C)nc2C)cc1. The fraction of sp³-hybridized carbons (Fsp3) is 0.444. The maximum absolute atomic E-state index is 12.3. The summed E-state index contributed by atoms with van der Waals surface area (Å²) in [7, 11) is 1.65. The molecule has 24 heavy (non-hydrogen) atoms. The molecule has 0 atom stereocenters. The molecular formula is C18H25N3O2S. The van der Waals surface area contributed by atoms with Crippen molar-refractivity contribution in [1.82, 2.24) is 10.3 Å². The minimum Gasteiger partial charge on any atom is -0.497 e. The van der Waals surface area contributed by atoms with E-state index in [1.54, 1.807) is 7.11 Å². The monoisotopic (exact) mass is 347 g/mol.